The minimum atomic E-state index is -0.674. The van der Waals surface area contributed by atoms with Gasteiger partial charge in [-0.3, -0.25) is 4.79 Å². The number of hydrogen-bond acceptors (Lipinski definition) is 3. The molecule has 0 fully saturated rings. The number of nitrogens with one attached hydrogen (secondary N) is 1. The number of rotatable bonds is 4. The summed E-state index contributed by atoms with van der Waals surface area (Å²) in [6.45, 7) is 0. The molecule has 3 rings (SSSR count). The highest BCUT2D eigenvalue weighted by molar-refractivity contribution is 6.35. The highest BCUT2D eigenvalue weighted by Gasteiger charge is 2.12. The van der Waals surface area contributed by atoms with Crippen LogP contribution >= 0.6 is 23.2 Å². The molecule has 0 spiro atoms. The number of nitrogens with zero attached hydrogens (tertiary/aromatic N) is 1. The van der Waals surface area contributed by atoms with Gasteiger partial charge in [-0.15, -0.1) is 0 Å². The zero-order valence-corrected chi connectivity index (χ0v) is 15.2. The molecule has 0 aliphatic carbocycles. The monoisotopic (exact) mass is 400 g/mol. The Morgan fingerprint density at radius 2 is 1.85 bits per heavy atom. The molecule has 4 nitrogen and oxygen atoms in total. The van der Waals surface area contributed by atoms with Gasteiger partial charge in [0.2, 0.25) is 0 Å². The predicted molar refractivity (Wildman–Crippen MR) is 103 cm³/mol. The Morgan fingerprint density at radius 3 is 2.52 bits per heavy atom. The lowest BCUT2D eigenvalue weighted by molar-refractivity contribution is -0.112. The van der Waals surface area contributed by atoms with Crippen LogP contribution in [-0.2, 0) is 4.79 Å². The molecule has 2 aromatic carbocycles. The van der Waals surface area contributed by atoms with Gasteiger partial charge in [-0.25, -0.2) is 4.39 Å². The summed E-state index contributed by atoms with van der Waals surface area (Å²) in [4.78, 5) is 12.2. The third kappa shape index (κ3) is 4.76. The van der Waals surface area contributed by atoms with Crippen molar-refractivity contribution in [2.24, 2.45) is 0 Å². The fraction of sp³-hybridized carbons (Fsp3) is 0. The van der Waals surface area contributed by atoms with E-state index in [9.17, 15) is 14.4 Å². The highest BCUT2D eigenvalue weighted by Crippen LogP contribution is 2.29. The molecular formula is C20H11Cl2FN2O2. The molecule has 134 valence electrons. The van der Waals surface area contributed by atoms with Crippen molar-refractivity contribution in [1.29, 1.82) is 5.26 Å². The van der Waals surface area contributed by atoms with E-state index in [0.717, 1.165) is 6.07 Å². The SMILES string of the molecule is N#C/C(=C\c1ccc(-c2cc(Cl)cc(Cl)c2)o1)C(=O)Nc1cccc(F)c1. The van der Waals surface area contributed by atoms with Gasteiger partial charge in [-0.2, -0.15) is 5.26 Å². The summed E-state index contributed by atoms with van der Waals surface area (Å²) in [5.74, 6) is -0.390. The molecule has 27 heavy (non-hydrogen) atoms. The van der Waals surface area contributed by atoms with Crippen LogP contribution in [0.3, 0.4) is 0 Å². The summed E-state index contributed by atoms with van der Waals surface area (Å²) in [5.41, 5.74) is 0.717. The Kier molecular flexibility index (Phi) is 5.60. The van der Waals surface area contributed by atoms with Crippen molar-refractivity contribution in [2.45, 2.75) is 0 Å². The van der Waals surface area contributed by atoms with Gasteiger partial charge < -0.3 is 9.73 Å². The second-order valence-electron chi connectivity index (χ2n) is 5.49. The third-order valence-corrected chi connectivity index (χ3v) is 3.94. The van der Waals surface area contributed by atoms with Crippen LogP contribution in [0.1, 0.15) is 5.76 Å². The van der Waals surface area contributed by atoms with Crippen LogP contribution < -0.4 is 5.32 Å². The minimum Gasteiger partial charge on any atom is -0.457 e. The summed E-state index contributed by atoms with van der Waals surface area (Å²) in [6, 6.07) is 15.4. The number of anilines is 1. The topological polar surface area (TPSA) is 66.0 Å². The van der Waals surface area contributed by atoms with E-state index in [1.807, 2.05) is 0 Å². The zero-order chi connectivity index (χ0) is 19.4. The van der Waals surface area contributed by atoms with Gasteiger partial charge in [-0.05, 0) is 48.5 Å². The van der Waals surface area contributed by atoms with Crippen molar-refractivity contribution in [3.05, 3.63) is 81.8 Å². The Morgan fingerprint density at radius 1 is 1.11 bits per heavy atom. The summed E-state index contributed by atoms with van der Waals surface area (Å²) >= 11 is 12.0. The second-order valence-corrected chi connectivity index (χ2v) is 6.37. The smallest absolute Gasteiger partial charge is 0.266 e. The van der Waals surface area contributed by atoms with E-state index >= 15 is 0 Å². The van der Waals surface area contributed by atoms with Gasteiger partial charge in [0.05, 0.1) is 0 Å². The summed E-state index contributed by atoms with van der Waals surface area (Å²) in [5, 5.41) is 12.6. The standard InChI is InChI=1S/C20H11Cl2FN2O2/c21-14-6-12(7-15(22)9-14)19-5-4-18(27-19)8-13(11-24)20(26)25-17-3-1-2-16(23)10-17/h1-10H,(H,25,26)/b13-8+. The molecule has 0 aliphatic heterocycles. The molecule has 0 atom stereocenters. The fourth-order valence-corrected chi connectivity index (χ4v) is 2.86. The van der Waals surface area contributed by atoms with Crippen molar-refractivity contribution in [3.8, 4) is 17.4 Å². The first-order chi connectivity index (χ1) is 12.9. The van der Waals surface area contributed by atoms with Crippen LogP contribution in [0.4, 0.5) is 10.1 Å². The number of nitriles is 1. The lowest BCUT2D eigenvalue weighted by Gasteiger charge is -2.03. The number of carbonyl (C=O) groups is 1. The number of hydrogen-bond donors (Lipinski definition) is 1. The molecule has 3 aromatic rings. The average Bonchev–Trinajstić information content (AvgIpc) is 3.07. The summed E-state index contributed by atoms with van der Waals surface area (Å²) in [7, 11) is 0. The molecule has 0 radical (unpaired) electrons. The van der Waals surface area contributed by atoms with Gasteiger partial charge in [-0.1, -0.05) is 29.3 Å². The highest BCUT2D eigenvalue weighted by atomic mass is 35.5. The van der Waals surface area contributed by atoms with Gasteiger partial charge in [0, 0.05) is 27.4 Å². The van der Waals surface area contributed by atoms with E-state index in [2.05, 4.69) is 5.32 Å². The number of amides is 1. The molecule has 1 amide bonds. The van der Waals surface area contributed by atoms with Crippen LogP contribution in [0.25, 0.3) is 17.4 Å². The Hall–Kier alpha value is -3.07. The molecule has 0 saturated heterocycles. The van der Waals surface area contributed by atoms with E-state index in [0.29, 0.717) is 27.1 Å². The lowest BCUT2D eigenvalue weighted by Crippen LogP contribution is -2.13. The van der Waals surface area contributed by atoms with Crippen LogP contribution in [0.5, 0.6) is 0 Å². The molecule has 1 aromatic heterocycles. The van der Waals surface area contributed by atoms with Crippen molar-refractivity contribution < 1.29 is 13.6 Å². The number of carbonyl (C=O) groups excluding carboxylic acids is 1. The van der Waals surface area contributed by atoms with Crippen molar-refractivity contribution in [1.82, 2.24) is 0 Å². The lowest BCUT2D eigenvalue weighted by atomic mass is 10.2. The number of furan rings is 1. The van der Waals surface area contributed by atoms with Crippen LogP contribution in [0.2, 0.25) is 10.0 Å². The van der Waals surface area contributed by atoms with Gasteiger partial charge in [0.15, 0.2) is 0 Å². The van der Waals surface area contributed by atoms with Gasteiger partial charge in [0.25, 0.3) is 5.91 Å². The molecule has 7 heteroatoms. The van der Waals surface area contributed by atoms with Crippen LogP contribution in [0.15, 0.2) is 64.6 Å². The fourth-order valence-electron chi connectivity index (χ4n) is 2.34. The minimum absolute atomic E-state index is 0.190. The Labute approximate surface area is 164 Å². The first kappa shape index (κ1) is 18.7. The first-order valence-electron chi connectivity index (χ1n) is 7.69. The molecular weight excluding hydrogens is 390 g/mol. The van der Waals surface area contributed by atoms with E-state index in [4.69, 9.17) is 27.6 Å². The van der Waals surface area contributed by atoms with E-state index in [-0.39, 0.29) is 11.3 Å². The zero-order valence-electron chi connectivity index (χ0n) is 13.7. The maximum Gasteiger partial charge on any atom is 0.266 e. The van der Waals surface area contributed by atoms with Crippen LogP contribution in [0, 0.1) is 17.1 Å². The summed E-state index contributed by atoms with van der Waals surface area (Å²) < 4.78 is 18.9. The quantitative estimate of drug-likeness (QED) is 0.435. The van der Waals surface area contributed by atoms with Crippen molar-refractivity contribution >= 4 is 40.9 Å². The molecule has 0 unspecified atom stereocenters. The number of halogens is 3. The first-order valence-corrected chi connectivity index (χ1v) is 8.45. The molecule has 0 aliphatic rings. The summed E-state index contributed by atoms with van der Waals surface area (Å²) in [6.07, 6.45) is 1.30. The largest absolute Gasteiger partial charge is 0.457 e. The third-order valence-electron chi connectivity index (χ3n) is 3.51. The van der Waals surface area contributed by atoms with E-state index in [1.165, 1.54) is 24.3 Å². The van der Waals surface area contributed by atoms with Crippen LogP contribution in [-0.4, -0.2) is 5.91 Å². The van der Waals surface area contributed by atoms with Crippen molar-refractivity contribution in [3.63, 3.8) is 0 Å². The molecule has 0 saturated carbocycles. The molecule has 0 bridgehead atoms. The van der Waals surface area contributed by atoms with Crippen molar-refractivity contribution in [2.75, 3.05) is 5.32 Å². The maximum atomic E-state index is 13.2. The normalized spacial score (nSPS) is 11.1. The van der Waals surface area contributed by atoms with Gasteiger partial charge in [0.1, 0.15) is 29.0 Å². The van der Waals surface area contributed by atoms with E-state index in [1.54, 1.807) is 36.4 Å². The Bertz CT molecular complexity index is 1060. The Balaban J connectivity index is 1.83. The molecule has 1 heterocycles. The van der Waals surface area contributed by atoms with Gasteiger partial charge >= 0.3 is 0 Å². The second kappa shape index (κ2) is 8.09. The molecule has 1 N–H and O–H groups in total. The van der Waals surface area contributed by atoms with E-state index < -0.39 is 11.7 Å². The maximum absolute atomic E-state index is 13.2. The predicted octanol–water partition coefficient (Wildman–Crippen LogP) is 5.94. The number of benzene rings is 2. The average molecular weight is 401 g/mol.